The lowest BCUT2D eigenvalue weighted by Gasteiger charge is -2.29. The molecule has 4 rings (SSSR count). The third-order valence-corrected chi connectivity index (χ3v) is 5.63. The van der Waals surface area contributed by atoms with Gasteiger partial charge in [0, 0.05) is 30.4 Å². The van der Waals surface area contributed by atoms with E-state index in [1.165, 1.54) is 11.3 Å². The molecule has 3 aromatic rings. The quantitative estimate of drug-likeness (QED) is 0.673. The fraction of sp³-hybridized carbons (Fsp3) is 0.294. The zero-order valence-electron chi connectivity index (χ0n) is 13.6. The topological polar surface area (TPSA) is 64.2 Å². The zero-order chi connectivity index (χ0) is 16.1. The van der Waals surface area contributed by atoms with Gasteiger partial charge in [-0.3, -0.25) is 9.48 Å². The van der Waals surface area contributed by atoms with Crippen LogP contribution < -0.4 is 10.6 Å². The SMILES string of the molecule is Cc1nn(C)c2sc(C(=O)N3CCCc4c(N)cccc43)cc12.Cl. The first-order valence-electron chi connectivity index (χ1n) is 7.68. The molecule has 0 bridgehead atoms. The van der Waals surface area contributed by atoms with E-state index in [2.05, 4.69) is 5.10 Å². The number of nitrogens with zero attached hydrogens (tertiary/aromatic N) is 3. The number of hydrogen-bond acceptors (Lipinski definition) is 4. The van der Waals surface area contributed by atoms with Crippen molar-refractivity contribution in [1.29, 1.82) is 0 Å². The normalized spacial score (nSPS) is 13.7. The minimum atomic E-state index is 0. The maximum Gasteiger partial charge on any atom is 0.268 e. The number of anilines is 2. The molecule has 0 saturated heterocycles. The molecule has 0 saturated carbocycles. The van der Waals surface area contributed by atoms with Crippen molar-refractivity contribution < 1.29 is 4.79 Å². The Labute approximate surface area is 150 Å². The van der Waals surface area contributed by atoms with Crippen LogP contribution in [0.5, 0.6) is 0 Å². The van der Waals surface area contributed by atoms with Gasteiger partial charge in [-0.2, -0.15) is 5.10 Å². The van der Waals surface area contributed by atoms with E-state index in [1.807, 2.05) is 47.8 Å². The molecule has 24 heavy (non-hydrogen) atoms. The number of nitrogens with two attached hydrogens (primary N) is 1. The standard InChI is InChI=1S/C17H18N4OS.ClH/c1-10-12-9-15(23-17(12)20(2)19-10)16(22)21-8-4-5-11-13(18)6-3-7-14(11)21;/h3,6-7,9H,4-5,8,18H2,1-2H3;1H. The van der Waals surface area contributed by atoms with Crippen molar-refractivity contribution in [1.82, 2.24) is 9.78 Å². The summed E-state index contributed by atoms with van der Waals surface area (Å²) in [6.45, 7) is 2.71. The molecule has 0 spiro atoms. The predicted molar refractivity (Wildman–Crippen MR) is 101 cm³/mol. The van der Waals surface area contributed by atoms with Crippen LogP contribution in [0, 0.1) is 6.92 Å². The molecule has 1 aliphatic heterocycles. The van der Waals surface area contributed by atoms with Gasteiger partial charge < -0.3 is 10.6 Å². The summed E-state index contributed by atoms with van der Waals surface area (Å²) in [7, 11) is 1.91. The molecule has 1 aliphatic rings. The van der Waals surface area contributed by atoms with Crippen LogP contribution in [0.15, 0.2) is 24.3 Å². The van der Waals surface area contributed by atoms with Crippen LogP contribution in [0.3, 0.4) is 0 Å². The number of nitrogen functional groups attached to an aromatic ring is 1. The summed E-state index contributed by atoms with van der Waals surface area (Å²) in [5, 5.41) is 5.46. The lowest BCUT2D eigenvalue weighted by Crippen LogP contribution is -2.35. The molecule has 2 aromatic heterocycles. The molecule has 1 aromatic carbocycles. The van der Waals surface area contributed by atoms with Crippen LogP contribution in [0.2, 0.25) is 0 Å². The average molecular weight is 363 g/mol. The highest BCUT2D eigenvalue weighted by atomic mass is 35.5. The van der Waals surface area contributed by atoms with Gasteiger partial charge >= 0.3 is 0 Å². The number of fused-ring (bicyclic) bond motifs is 2. The predicted octanol–water partition coefficient (Wildman–Crippen LogP) is 3.54. The third kappa shape index (κ3) is 2.46. The first kappa shape index (κ1) is 16.8. The lowest BCUT2D eigenvalue weighted by atomic mass is 9.99. The summed E-state index contributed by atoms with van der Waals surface area (Å²) >= 11 is 1.50. The van der Waals surface area contributed by atoms with E-state index >= 15 is 0 Å². The summed E-state index contributed by atoms with van der Waals surface area (Å²) < 4.78 is 1.84. The van der Waals surface area contributed by atoms with Crippen LogP contribution in [0.4, 0.5) is 11.4 Å². The van der Waals surface area contributed by atoms with Crippen molar-refractivity contribution >= 4 is 51.2 Å². The number of hydrogen-bond donors (Lipinski definition) is 1. The molecule has 5 nitrogen and oxygen atoms in total. The van der Waals surface area contributed by atoms with Crippen LogP contribution in [-0.4, -0.2) is 22.2 Å². The zero-order valence-corrected chi connectivity index (χ0v) is 15.2. The molecule has 1 amide bonds. The molecule has 0 atom stereocenters. The van der Waals surface area contributed by atoms with Crippen LogP contribution in [0.1, 0.15) is 27.3 Å². The molecule has 0 aliphatic carbocycles. The monoisotopic (exact) mass is 362 g/mol. The second kappa shape index (κ2) is 6.11. The Morgan fingerprint density at radius 2 is 2.17 bits per heavy atom. The van der Waals surface area contributed by atoms with Crippen LogP contribution in [0.25, 0.3) is 10.2 Å². The molecule has 2 N–H and O–H groups in total. The summed E-state index contributed by atoms with van der Waals surface area (Å²) in [6.07, 6.45) is 1.87. The van der Waals surface area contributed by atoms with E-state index in [4.69, 9.17) is 5.73 Å². The van der Waals surface area contributed by atoms with Gasteiger partial charge in [0.1, 0.15) is 4.83 Å². The number of carbonyl (C=O) groups excluding carboxylic acids is 1. The number of benzene rings is 1. The van der Waals surface area contributed by atoms with E-state index in [0.29, 0.717) is 0 Å². The Morgan fingerprint density at radius 1 is 1.38 bits per heavy atom. The summed E-state index contributed by atoms with van der Waals surface area (Å²) in [6, 6.07) is 7.77. The molecule has 126 valence electrons. The highest BCUT2D eigenvalue weighted by Gasteiger charge is 2.26. The molecule has 7 heteroatoms. The van der Waals surface area contributed by atoms with E-state index in [9.17, 15) is 4.79 Å². The fourth-order valence-corrected chi connectivity index (χ4v) is 4.38. The van der Waals surface area contributed by atoms with Crippen molar-refractivity contribution in [2.24, 2.45) is 7.05 Å². The minimum absolute atomic E-state index is 0. The second-order valence-electron chi connectivity index (χ2n) is 5.94. The minimum Gasteiger partial charge on any atom is -0.398 e. The second-order valence-corrected chi connectivity index (χ2v) is 6.97. The number of rotatable bonds is 1. The molecular weight excluding hydrogens is 344 g/mol. The van der Waals surface area contributed by atoms with Gasteiger partial charge in [0.2, 0.25) is 0 Å². The highest BCUT2D eigenvalue weighted by molar-refractivity contribution is 7.20. The number of halogens is 1. The van der Waals surface area contributed by atoms with Gasteiger partial charge in [0.15, 0.2) is 0 Å². The van der Waals surface area contributed by atoms with Crippen LogP contribution in [-0.2, 0) is 13.5 Å². The molecule has 0 radical (unpaired) electrons. The summed E-state index contributed by atoms with van der Waals surface area (Å²) in [5.74, 6) is 0.0529. The number of carbonyl (C=O) groups is 1. The lowest BCUT2D eigenvalue weighted by molar-refractivity contribution is 0.0989. The van der Waals surface area contributed by atoms with E-state index in [1.54, 1.807) is 0 Å². The van der Waals surface area contributed by atoms with Gasteiger partial charge in [-0.15, -0.1) is 23.7 Å². The summed E-state index contributed by atoms with van der Waals surface area (Å²) in [4.78, 5) is 16.7. The number of aryl methyl sites for hydroxylation is 2. The number of amides is 1. The Hall–Kier alpha value is -2.05. The van der Waals surface area contributed by atoms with Crippen molar-refractivity contribution in [3.63, 3.8) is 0 Å². The van der Waals surface area contributed by atoms with E-state index < -0.39 is 0 Å². The molecule has 0 unspecified atom stereocenters. The Bertz CT molecular complexity index is 896. The maximum absolute atomic E-state index is 13.0. The highest BCUT2D eigenvalue weighted by Crippen LogP contribution is 2.34. The Kier molecular flexibility index (Phi) is 4.27. The largest absolute Gasteiger partial charge is 0.398 e. The number of thiophene rings is 1. The van der Waals surface area contributed by atoms with E-state index in [0.717, 1.165) is 57.1 Å². The van der Waals surface area contributed by atoms with E-state index in [-0.39, 0.29) is 18.3 Å². The van der Waals surface area contributed by atoms with Crippen molar-refractivity contribution in [3.8, 4) is 0 Å². The average Bonchev–Trinajstić information content (AvgIpc) is 3.09. The fourth-order valence-electron chi connectivity index (χ4n) is 3.31. The first-order chi connectivity index (χ1) is 11.1. The van der Waals surface area contributed by atoms with Crippen molar-refractivity contribution in [2.45, 2.75) is 19.8 Å². The maximum atomic E-state index is 13.0. The van der Waals surface area contributed by atoms with Gasteiger partial charge in [0.25, 0.3) is 5.91 Å². The third-order valence-electron chi connectivity index (χ3n) is 4.44. The van der Waals surface area contributed by atoms with Crippen molar-refractivity contribution in [3.05, 3.63) is 40.4 Å². The van der Waals surface area contributed by atoms with Crippen molar-refractivity contribution in [2.75, 3.05) is 17.2 Å². The Balaban J connectivity index is 0.00000169. The van der Waals surface area contributed by atoms with Crippen LogP contribution >= 0.6 is 23.7 Å². The van der Waals surface area contributed by atoms with Gasteiger partial charge in [0.05, 0.1) is 10.6 Å². The van der Waals surface area contributed by atoms with Gasteiger partial charge in [-0.25, -0.2) is 0 Å². The first-order valence-corrected chi connectivity index (χ1v) is 8.50. The summed E-state index contributed by atoms with van der Waals surface area (Å²) in [5.41, 5.74) is 9.86. The Morgan fingerprint density at radius 3 is 2.92 bits per heavy atom. The van der Waals surface area contributed by atoms with Gasteiger partial charge in [-0.05, 0) is 43.5 Å². The van der Waals surface area contributed by atoms with Gasteiger partial charge in [-0.1, -0.05) is 6.07 Å². The molecular formula is C17H19ClN4OS. The molecule has 3 heterocycles. The number of aromatic nitrogens is 2. The smallest absolute Gasteiger partial charge is 0.268 e. The molecule has 0 fully saturated rings.